The average molecular weight is 311 g/mol. The highest BCUT2D eigenvalue weighted by Crippen LogP contribution is 2.28. The predicted octanol–water partition coefficient (Wildman–Crippen LogP) is 3.21. The monoisotopic (exact) mass is 311 g/mol. The summed E-state index contributed by atoms with van der Waals surface area (Å²) in [5.41, 5.74) is 7.01. The molecule has 0 bridgehead atoms. The summed E-state index contributed by atoms with van der Waals surface area (Å²) in [6.45, 7) is 1.23. The van der Waals surface area contributed by atoms with E-state index in [2.05, 4.69) is 9.99 Å². The number of nitrogen functional groups attached to an aromatic ring is 1. The van der Waals surface area contributed by atoms with Crippen LogP contribution in [0, 0.1) is 11.3 Å². The van der Waals surface area contributed by atoms with Crippen molar-refractivity contribution >= 4 is 29.1 Å². The minimum Gasteiger partial charge on any atom is -0.399 e. The highest BCUT2D eigenvalue weighted by Gasteiger charge is 2.05. The molecule has 0 aromatic heterocycles. The van der Waals surface area contributed by atoms with Gasteiger partial charge in [-0.15, -0.1) is 0 Å². The van der Waals surface area contributed by atoms with Crippen molar-refractivity contribution in [2.45, 2.75) is 16.7 Å². The number of anilines is 1. The Balaban J connectivity index is 2.12. The molecule has 0 heterocycles. The lowest BCUT2D eigenvalue weighted by atomic mass is 10.1. The van der Waals surface area contributed by atoms with Gasteiger partial charge in [0, 0.05) is 28.0 Å². The second-order valence-electron chi connectivity index (χ2n) is 4.33. The summed E-state index contributed by atoms with van der Waals surface area (Å²) in [6, 6.07) is 16.7. The fraction of sp³-hybridized carbons (Fsp3) is 0.0625. The molecule has 2 rings (SSSR count). The molecular weight excluding hydrogens is 298 g/mol. The third kappa shape index (κ3) is 4.36. The fourth-order valence-corrected chi connectivity index (χ4v) is 2.42. The summed E-state index contributed by atoms with van der Waals surface area (Å²) in [6.07, 6.45) is 0. The highest BCUT2D eigenvalue weighted by atomic mass is 32.2. The second-order valence-corrected chi connectivity index (χ2v) is 5.48. The minimum atomic E-state index is -0.566. The van der Waals surface area contributed by atoms with Gasteiger partial charge in [-0.2, -0.15) is 5.26 Å². The molecule has 2 N–H and O–H groups in total. The summed E-state index contributed by atoms with van der Waals surface area (Å²) in [7, 11) is 0. The quantitative estimate of drug-likeness (QED) is 0.405. The SMILES string of the molecule is CC(=O)O/N=C(\C#N)c1ccc(Sc2ccc(N)cc2)cc1. The van der Waals surface area contributed by atoms with Gasteiger partial charge in [-0.05, 0) is 36.4 Å². The maximum Gasteiger partial charge on any atom is 0.332 e. The predicted molar refractivity (Wildman–Crippen MR) is 85.3 cm³/mol. The van der Waals surface area contributed by atoms with Crippen molar-refractivity contribution in [3.05, 3.63) is 54.1 Å². The van der Waals surface area contributed by atoms with Crippen LogP contribution in [0.4, 0.5) is 5.69 Å². The lowest BCUT2D eigenvalue weighted by molar-refractivity contribution is -0.140. The zero-order chi connectivity index (χ0) is 15.9. The summed E-state index contributed by atoms with van der Waals surface area (Å²) >= 11 is 1.58. The summed E-state index contributed by atoms with van der Waals surface area (Å²) in [5.74, 6) is -0.566. The molecule has 0 spiro atoms. The number of carbonyl (C=O) groups is 1. The van der Waals surface area contributed by atoms with Gasteiger partial charge < -0.3 is 10.6 Å². The lowest BCUT2D eigenvalue weighted by Crippen LogP contribution is -2.01. The van der Waals surface area contributed by atoms with Crippen LogP contribution < -0.4 is 5.73 Å². The summed E-state index contributed by atoms with van der Waals surface area (Å²) in [5, 5.41) is 12.6. The van der Waals surface area contributed by atoms with Gasteiger partial charge in [0.05, 0.1) is 0 Å². The first-order valence-electron chi connectivity index (χ1n) is 6.38. The number of nitrogens with two attached hydrogens (primary N) is 1. The number of oxime groups is 1. The van der Waals surface area contributed by atoms with Crippen molar-refractivity contribution in [3.8, 4) is 6.07 Å². The molecule has 0 saturated carbocycles. The van der Waals surface area contributed by atoms with E-state index in [4.69, 9.17) is 11.0 Å². The molecule has 0 aliphatic carbocycles. The molecule has 0 atom stereocenters. The van der Waals surface area contributed by atoms with Gasteiger partial charge in [-0.1, -0.05) is 29.1 Å². The van der Waals surface area contributed by atoms with Crippen molar-refractivity contribution < 1.29 is 9.63 Å². The van der Waals surface area contributed by atoms with E-state index in [-0.39, 0.29) is 5.71 Å². The van der Waals surface area contributed by atoms with Crippen LogP contribution in [0.3, 0.4) is 0 Å². The smallest absolute Gasteiger partial charge is 0.332 e. The molecule has 0 aliphatic rings. The molecule has 0 saturated heterocycles. The van der Waals surface area contributed by atoms with Gasteiger partial charge in [0.1, 0.15) is 6.07 Å². The summed E-state index contributed by atoms with van der Waals surface area (Å²) < 4.78 is 0. The van der Waals surface area contributed by atoms with Gasteiger partial charge in [-0.25, -0.2) is 4.79 Å². The maximum atomic E-state index is 10.7. The van der Waals surface area contributed by atoms with Gasteiger partial charge in [0.2, 0.25) is 0 Å². The number of hydrogen-bond donors (Lipinski definition) is 1. The van der Waals surface area contributed by atoms with Crippen molar-refractivity contribution in [2.24, 2.45) is 5.16 Å². The normalized spacial score (nSPS) is 10.8. The molecular formula is C16H13N3O2S. The van der Waals surface area contributed by atoms with Crippen LogP contribution in [0.15, 0.2) is 63.5 Å². The topological polar surface area (TPSA) is 88.5 Å². The van der Waals surface area contributed by atoms with Gasteiger partial charge >= 0.3 is 5.97 Å². The van der Waals surface area contributed by atoms with Crippen molar-refractivity contribution in [1.82, 2.24) is 0 Å². The van der Waals surface area contributed by atoms with E-state index in [9.17, 15) is 4.79 Å². The van der Waals surface area contributed by atoms with E-state index in [1.165, 1.54) is 6.92 Å². The number of hydrogen-bond acceptors (Lipinski definition) is 6. The molecule has 110 valence electrons. The Morgan fingerprint density at radius 3 is 2.18 bits per heavy atom. The van der Waals surface area contributed by atoms with Crippen LogP contribution in [-0.2, 0) is 9.63 Å². The van der Waals surface area contributed by atoms with Gasteiger partial charge in [-0.3, -0.25) is 0 Å². The van der Waals surface area contributed by atoms with Crippen LogP contribution in [0.25, 0.3) is 0 Å². The molecule has 0 radical (unpaired) electrons. The van der Waals surface area contributed by atoms with E-state index in [0.717, 1.165) is 15.5 Å². The number of nitriles is 1. The molecule has 22 heavy (non-hydrogen) atoms. The van der Waals surface area contributed by atoms with E-state index in [1.807, 2.05) is 42.5 Å². The first kappa shape index (κ1) is 15.6. The molecule has 0 fully saturated rings. The Kier molecular flexibility index (Phi) is 5.17. The third-order valence-electron chi connectivity index (χ3n) is 2.61. The van der Waals surface area contributed by atoms with Crippen LogP contribution in [0.5, 0.6) is 0 Å². The zero-order valence-corrected chi connectivity index (χ0v) is 12.6. The van der Waals surface area contributed by atoms with Crippen LogP contribution in [0.1, 0.15) is 12.5 Å². The second kappa shape index (κ2) is 7.29. The standard InChI is InChI=1S/C16H13N3O2S/c1-11(20)21-19-16(10-17)12-2-6-14(7-3-12)22-15-8-4-13(18)5-9-15/h2-9H,18H2,1H3/b19-16+. The van der Waals surface area contributed by atoms with Crippen LogP contribution in [-0.4, -0.2) is 11.7 Å². The van der Waals surface area contributed by atoms with Crippen LogP contribution >= 0.6 is 11.8 Å². The van der Waals surface area contributed by atoms with E-state index in [0.29, 0.717) is 5.56 Å². The van der Waals surface area contributed by atoms with Gasteiger partial charge in [0.15, 0.2) is 5.71 Å². The van der Waals surface area contributed by atoms with Gasteiger partial charge in [0.25, 0.3) is 0 Å². The van der Waals surface area contributed by atoms with Crippen molar-refractivity contribution in [1.29, 1.82) is 5.26 Å². The Morgan fingerprint density at radius 2 is 1.68 bits per heavy atom. The number of carbonyl (C=O) groups excluding carboxylic acids is 1. The first-order valence-corrected chi connectivity index (χ1v) is 7.19. The Morgan fingerprint density at radius 1 is 1.14 bits per heavy atom. The lowest BCUT2D eigenvalue weighted by Gasteiger charge is -2.03. The van der Waals surface area contributed by atoms with E-state index in [1.54, 1.807) is 23.9 Å². The highest BCUT2D eigenvalue weighted by molar-refractivity contribution is 7.99. The number of rotatable bonds is 4. The largest absolute Gasteiger partial charge is 0.399 e. The molecule has 2 aromatic carbocycles. The minimum absolute atomic E-state index is 0.0548. The maximum absolute atomic E-state index is 10.7. The fourth-order valence-electron chi connectivity index (χ4n) is 1.60. The Labute approximate surface area is 132 Å². The summed E-state index contributed by atoms with van der Waals surface area (Å²) in [4.78, 5) is 17.3. The third-order valence-corrected chi connectivity index (χ3v) is 3.63. The first-order chi connectivity index (χ1) is 10.6. The molecule has 0 unspecified atom stereocenters. The molecule has 6 heteroatoms. The van der Waals surface area contributed by atoms with E-state index >= 15 is 0 Å². The molecule has 0 aliphatic heterocycles. The molecule has 0 amide bonds. The number of benzene rings is 2. The van der Waals surface area contributed by atoms with Crippen LogP contribution in [0.2, 0.25) is 0 Å². The van der Waals surface area contributed by atoms with Crippen molar-refractivity contribution in [2.75, 3.05) is 5.73 Å². The Bertz CT molecular complexity index is 731. The Hall–Kier alpha value is -2.78. The van der Waals surface area contributed by atoms with E-state index < -0.39 is 5.97 Å². The molecule has 5 nitrogen and oxygen atoms in total. The van der Waals surface area contributed by atoms with Crippen molar-refractivity contribution in [3.63, 3.8) is 0 Å². The zero-order valence-electron chi connectivity index (χ0n) is 11.8. The average Bonchev–Trinajstić information content (AvgIpc) is 2.51. The molecule has 2 aromatic rings. The number of nitrogens with zero attached hydrogens (tertiary/aromatic N) is 2.